The SMILES string of the molecule is CC1CC(O)C(F)C(F)C1C(F)(F)OC1CCC(C2CC[CH]([Sn])CC2)CC1. The Bertz CT molecular complexity index is 479. The van der Waals surface area contributed by atoms with E-state index in [1.807, 2.05) is 0 Å². The van der Waals surface area contributed by atoms with Crippen LogP contribution in [-0.4, -0.2) is 58.3 Å². The van der Waals surface area contributed by atoms with Crippen LogP contribution in [0.25, 0.3) is 0 Å². The molecule has 27 heavy (non-hydrogen) atoms. The Morgan fingerprint density at radius 2 is 1.41 bits per heavy atom. The van der Waals surface area contributed by atoms with E-state index < -0.39 is 42.5 Å². The average Bonchev–Trinajstić information content (AvgIpc) is 2.60. The fourth-order valence-corrected chi connectivity index (χ4v) is 6.42. The monoisotopic (exact) mass is 499 g/mol. The fraction of sp³-hybridized carbons (Fsp3) is 1.00. The molecule has 1 N–H and O–H groups in total. The summed E-state index contributed by atoms with van der Waals surface area (Å²) in [5.41, 5.74) is 0. The maximum atomic E-state index is 14.7. The van der Waals surface area contributed by atoms with Gasteiger partial charge in [-0.15, -0.1) is 0 Å². The van der Waals surface area contributed by atoms with E-state index in [1.165, 1.54) is 32.6 Å². The molecule has 3 aliphatic carbocycles. The van der Waals surface area contributed by atoms with Crippen molar-refractivity contribution in [1.82, 2.24) is 0 Å². The first-order valence-electron chi connectivity index (χ1n) is 10.4. The van der Waals surface area contributed by atoms with Crippen molar-refractivity contribution in [3.63, 3.8) is 0 Å². The standard InChI is InChI=1S/C20H31F4O2.Sn/c1-12-11-16(25)18(21)19(22)17(12)20(23,24)26-15-9-7-14(8-10-15)13-5-3-2-4-6-13;/h2,12-19,25H,3-11H2,1H3;. The second-order valence-electron chi connectivity index (χ2n) is 9.02. The summed E-state index contributed by atoms with van der Waals surface area (Å²) in [5, 5.41) is 9.49. The van der Waals surface area contributed by atoms with Crippen molar-refractivity contribution in [1.29, 1.82) is 0 Å². The molecule has 0 aromatic carbocycles. The first kappa shape index (κ1) is 22.1. The van der Waals surface area contributed by atoms with Crippen LogP contribution in [-0.2, 0) is 4.74 Å². The van der Waals surface area contributed by atoms with E-state index in [1.54, 1.807) is 22.5 Å². The Balaban J connectivity index is 1.53. The summed E-state index contributed by atoms with van der Waals surface area (Å²) in [6.45, 7) is 1.44. The van der Waals surface area contributed by atoms with Gasteiger partial charge < -0.3 is 5.11 Å². The van der Waals surface area contributed by atoms with Gasteiger partial charge in [-0.1, -0.05) is 6.92 Å². The zero-order valence-corrected chi connectivity index (χ0v) is 18.8. The third-order valence-electron chi connectivity index (χ3n) is 7.11. The van der Waals surface area contributed by atoms with Gasteiger partial charge in [0.2, 0.25) is 0 Å². The van der Waals surface area contributed by atoms with Crippen LogP contribution in [0.1, 0.15) is 64.7 Å². The normalized spacial score (nSPS) is 47.0. The van der Waals surface area contributed by atoms with E-state index in [9.17, 15) is 22.7 Å². The van der Waals surface area contributed by atoms with Crippen molar-refractivity contribution in [2.45, 2.75) is 99.3 Å². The fourth-order valence-electron chi connectivity index (χ4n) is 5.47. The van der Waals surface area contributed by atoms with E-state index in [0.717, 1.165) is 16.8 Å². The zero-order chi connectivity index (χ0) is 19.8. The van der Waals surface area contributed by atoms with E-state index >= 15 is 0 Å². The molecule has 0 spiro atoms. The predicted molar refractivity (Wildman–Crippen MR) is 96.3 cm³/mol. The predicted octanol–water partition coefficient (Wildman–Crippen LogP) is 4.99. The summed E-state index contributed by atoms with van der Waals surface area (Å²) < 4.78 is 63.3. The maximum absolute atomic E-state index is 14.7. The van der Waals surface area contributed by atoms with Crippen LogP contribution in [0.3, 0.4) is 0 Å². The van der Waals surface area contributed by atoms with Crippen LogP contribution in [0.15, 0.2) is 0 Å². The molecule has 0 saturated heterocycles. The zero-order valence-electron chi connectivity index (χ0n) is 15.9. The van der Waals surface area contributed by atoms with Gasteiger partial charge in [0.1, 0.15) is 0 Å². The molecular formula is C20H31F4O2Sn. The third-order valence-corrected chi connectivity index (χ3v) is 8.76. The van der Waals surface area contributed by atoms with E-state index in [2.05, 4.69) is 0 Å². The molecule has 3 radical (unpaired) electrons. The Morgan fingerprint density at radius 3 is 1.96 bits per heavy atom. The number of hydrogen-bond donors (Lipinski definition) is 1. The number of alkyl halides is 4. The second kappa shape index (κ2) is 9.07. The molecule has 3 saturated carbocycles. The number of aliphatic hydroxyl groups excluding tert-OH is 1. The van der Waals surface area contributed by atoms with Crippen LogP contribution < -0.4 is 0 Å². The summed E-state index contributed by atoms with van der Waals surface area (Å²) in [5.74, 6) is -1.36. The summed E-state index contributed by atoms with van der Waals surface area (Å²) >= 11 is 1.63. The van der Waals surface area contributed by atoms with Crippen molar-refractivity contribution >= 4 is 22.5 Å². The van der Waals surface area contributed by atoms with Crippen molar-refractivity contribution < 1.29 is 27.4 Å². The van der Waals surface area contributed by atoms with Crippen molar-refractivity contribution in [3.8, 4) is 0 Å². The molecule has 0 amide bonds. The summed E-state index contributed by atoms with van der Waals surface area (Å²) in [7, 11) is 0. The minimum absolute atomic E-state index is 0.167. The van der Waals surface area contributed by atoms with Gasteiger partial charge in [-0.3, -0.25) is 0 Å². The van der Waals surface area contributed by atoms with Gasteiger partial charge in [0.05, 0.1) is 6.10 Å². The molecule has 5 unspecified atom stereocenters. The topological polar surface area (TPSA) is 29.5 Å². The summed E-state index contributed by atoms with van der Waals surface area (Å²) in [4.78, 5) is 0. The van der Waals surface area contributed by atoms with Gasteiger partial charge in [0, 0.05) is 0 Å². The van der Waals surface area contributed by atoms with Gasteiger partial charge >= 0.3 is 133 Å². The minimum atomic E-state index is -3.70. The molecule has 0 aliphatic heterocycles. The molecule has 0 bridgehead atoms. The van der Waals surface area contributed by atoms with E-state index in [-0.39, 0.29) is 6.42 Å². The molecule has 3 rings (SSSR count). The van der Waals surface area contributed by atoms with E-state index in [0.29, 0.717) is 24.7 Å². The van der Waals surface area contributed by atoms with Crippen LogP contribution in [0, 0.1) is 23.7 Å². The number of ether oxygens (including phenoxy) is 1. The molecule has 0 aromatic heterocycles. The van der Waals surface area contributed by atoms with Crippen molar-refractivity contribution in [2.24, 2.45) is 23.7 Å². The molecule has 0 aromatic rings. The summed E-state index contributed by atoms with van der Waals surface area (Å²) in [6, 6.07) is 0. The van der Waals surface area contributed by atoms with Crippen LogP contribution in [0.5, 0.6) is 0 Å². The average molecular weight is 498 g/mol. The van der Waals surface area contributed by atoms with Crippen molar-refractivity contribution in [3.05, 3.63) is 0 Å². The first-order chi connectivity index (χ1) is 12.7. The first-order valence-corrected chi connectivity index (χ1v) is 12.1. The molecule has 0 heterocycles. The van der Waals surface area contributed by atoms with E-state index in [4.69, 9.17) is 4.74 Å². The molecule has 3 fully saturated rings. The van der Waals surface area contributed by atoms with Gasteiger partial charge in [-0.2, -0.15) is 0 Å². The van der Waals surface area contributed by atoms with Gasteiger partial charge in [0.15, 0.2) is 6.17 Å². The number of aliphatic hydroxyl groups is 1. The second-order valence-corrected chi connectivity index (χ2v) is 11.4. The molecule has 155 valence electrons. The summed E-state index contributed by atoms with van der Waals surface area (Å²) in [6.07, 6.45) is -2.64. The number of hydrogen-bond acceptors (Lipinski definition) is 2. The number of halogens is 4. The third kappa shape index (κ3) is 5.14. The Morgan fingerprint density at radius 1 is 0.889 bits per heavy atom. The van der Waals surface area contributed by atoms with Gasteiger partial charge in [0.25, 0.3) is 0 Å². The number of rotatable bonds is 4. The van der Waals surface area contributed by atoms with Crippen LogP contribution in [0.2, 0.25) is 3.93 Å². The molecule has 7 heteroatoms. The Hall–Kier alpha value is 0.439. The van der Waals surface area contributed by atoms with Crippen LogP contribution >= 0.6 is 0 Å². The molecule has 3 aliphatic rings. The Kier molecular flexibility index (Phi) is 7.43. The van der Waals surface area contributed by atoms with Gasteiger partial charge in [-0.25, -0.2) is 8.78 Å². The Labute approximate surface area is 172 Å². The van der Waals surface area contributed by atoms with Crippen molar-refractivity contribution in [2.75, 3.05) is 0 Å². The molecular weight excluding hydrogens is 467 g/mol. The molecule has 5 atom stereocenters. The molecule has 2 nitrogen and oxygen atoms in total. The quantitative estimate of drug-likeness (QED) is 0.437. The van der Waals surface area contributed by atoms with Crippen LogP contribution in [0.4, 0.5) is 17.6 Å². The van der Waals surface area contributed by atoms with Gasteiger partial charge in [-0.05, 0) is 6.42 Å².